The Bertz CT molecular complexity index is 597. The SMILES string of the molecule is CCc1ccc(NC(=O)NCc2cccnc2OC)cc1. The number of anilines is 1. The van der Waals surface area contributed by atoms with Crippen LogP contribution in [0.5, 0.6) is 5.88 Å². The number of amides is 2. The first-order valence-corrected chi connectivity index (χ1v) is 6.84. The Kier molecular flexibility index (Phi) is 5.15. The fraction of sp³-hybridized carbons (Fsp3) is 0.250. The molecule has 110 valence electrons. The minimum Gasteiger partial charge on any atom is -0.481 e. The third kappa shape index (κ3) is 4.21. The summed E-state index contributed by atoms with van der Waals surface area (Å²) >= 11 is 0. The number of rotatable bonds is 5. The van der Waals surface area contributed by atoms with Crippen molar-refractivity contribution in [3.8, 4) is 5.88 Å². The van der Waals surface area contributed by atoms with Crippen molar-refractivity contribution in [1.29, 1.82) is 0 Å². The highest BCUT2D eigenvalue weighted by Crippen LogP contribution is 2.13. The molecule has 1 aromatic heterocycles. The Hall–Kier alpha value is -2.56. The third-order valence-corrected chi connectivity index (χ3v) is 3.10. The largest absolute Gasteiger partial charge is 0.481 e. The lowest BCUT2D eigenvalue weighted by atomic mass is 10.1. The molecule has 0 saturated carbocycles. The third-order valence-electron chi connectivity index (χ3n) is 3.10. The van der Waals surface area contributed by atoms with E-state index >= 15 is 0 Å². The van der Waals surface area contributed by atoms with E-state index in [1.165, 1.54) is 5.56 Å². The van der Waals surface area contributed by atoms with Gasteiger partial charge in [0, 0.05) is 24.0 Å². The molecule has 2 aromatic rings. The van der Waals surface area contributed by atoms with Crippen LogP contribution in [0.4, 0.5) is 10.5 Å². The van der Waals surface area contributed by atoms with Gasteiger partial charge in [-0.1, -0.05) is 25.1 Å². The molecule has 0 aliphatic heterocycles. The molecule has 2 rings (SSSR count). The average molecular weight is 285 g/mol. The van der Waals surface area contributed by atoms with Gasteiger partial charge in [0.25, 0.3) is 0 Å². The number of carbonyl (C=O) groups is 1. The standard InChI is InChI=1S/C16H19N3O2/c1-3-12-6-8-14(9-7-12)19-16(20)18-11-13-5-4-10-17-15(13)21-2/h4-10H,3,11H2,1-2H3,(H2,18,19,20). The zero-order chi connectivity index (χ0) is 15.1. The summed E-state index contributed by atoms with van der Waals surface area (Å²) in [5.74, 6) is 0.519. The first-order valence-electron chi connectivity index (χ1n) is 6.84. The van der Waals surface area contributed by atoms with Crippen LogP contribution in [0.1, 0.15) is 18.1 Å². The highest BCUT2D eigenvalue weighted by Gasteiger charge is 2.06. The zero-order valence-electron chi connectivity index (χ0n) is 12.2. The Morgan fingerprint density at radius 2 is 2.00 bits per heavy atom. The van der Waals surface area contributed by atoms with Crippen LogP contribution < -0.4 is 15.4 Å². The van der Waals surface area contributed by atoms with E-state index in [0.717, 1.165) is 17.7 Å². The van der Waals surface area contributed by atoms with Gasteiger partial charge in [0.1, 0.15) is 0 Å². The van der Waals surface area contributed by atoms with Crippen LogP contribution in [0.3, 0.4) is 0 Å². The van der Waals surface area contributed by atoms with Crippen molar-refractivity contribution in [2.45, 2.75) is 19.9 Å². The molecular formula is C16H19N3O2. The minimum atomic E-state index is -0.259. The molecule has 2 amide bonds. The van der Waals surface area contributed by atoms with Crippen molar-refractivity contribution in [2.75, 3.05) is 12.4 Å². The zero-order valence-corrected chi connectivity index (χ0v) is 12.2. The van der Waals surface area contributed by atoms with Gasteiger partial charge in [0.15, 0.2) is 0 Å². The number of hydrogen-bond donors (Lipinski definition) is 2. The molecule has 0 radical (unpaired) electrons. The number of benzene rings is 1. The van der Waals surface area contributed by atoms with Crippen molar-refractivity contribution >= 4 is 11.7 Å². The molecule has 5 nitrogen and oxygen atoms in total. The van der Waals surface area contributed by atoms with Gasteiger partial charge in [-0.05, 0) is 30.2 Å². The maximum absolute atomic E-state index is 11.9. The molecule has 0 aliphatic rings. The second kappa shape index (κ2) is 7.28. The van der Waals surface area contributed by atoms with Gasteiger partial charge < -0.3 is 15.4 Å². The molecule has 2 N–H and O–H groups in total. The molecule has 0 unspecified atom stereocenters. The summed E-state index contributed by atoms with van der Waals surface area (Å²) < 4.78 is 5.14. The molecule has 0 fully saturated rings. The number of methoxy groups -OCH3 is 1. The van der Waals surface area contributed by atoms with Gasteiger partial charge in [0.2, 0.25) is 5.88 Å². The summed E-state index contributed by atoms with van der Waals surface area (Å²) in [7, 11) is 1.56. The van der Waals surface area contributed by atoms with Crippen LogP contribution in [0.15, 0.2) is 42.6 Å². The molecule has 1 aromatic carbocycles. The first kappa shape index (κ1) is 14.8. The molecule has 0 saturated heterocycles. The maximum atomic E-state index is 11.9. The molecular weight excluding hydrogens is 266 g/mol. The van der Waals surface area contributed by atoms with Gasteiger partial charge in [-0.15, -0.1) is 0 Å². The fourth-order valence-electron chi connectivity index (χ4n) is 1.92. The molecule has 5 heteroatoms. The first-order chi connectivity index (χ1) is 10.2. The topological polar surface area (TPSA) is 63.2 Å². The number of carbonyl (C=O) groups excluding carboxylic acids is 1. The second-order valence-corrected chi connectivity index (χ2v) is 4.53. The van der Waals surface area contributed by atoms with E-state index in [4.69, 9.17) is 4.74 Å². The molecule has 1 heterocycles. The Balaban J connectivity index is 1.89. The van der Waals surface area contributed by atoms with Crippen molar-refractivity contribution in [3.05, 3.63) is 53.7 Å². The Morgan fingerprint density at radius 1 is 1.24 bits per heavy atom. The summed E-state index contributed by atoms with van der Waals surface area (Å²) in [5.41, 5.74) is 2.83. The molecule has 21 heavy (non-hydrogen) atoms. The van der Waals surface area contributed by atoms with Crippen LogP contribution in [-0.4, -0.2) is 18.1 Å². The normalized spacial score (nSPS) is 10.0. The maximum Gasteiger partial charge on any atom is 0.319 e. The van der Waals surface area contributed by atoms with Gasteiger partial charge in [-0.2, -0.15) is 0 Å². The Morgan fingerprint density at radius 3 is 2.67 bits per heavy atom. The van der Waals surface area contributed by atoms with Gasteiger partial charge in [0.05, 0.1) is 7.11 Å². The van der Waals surface area contributed by atoms with Gasteiger partial charge in [-0.3, -0.25) is 0 Å². The summed E-state index contributed by atoms with van der Waals surface area (Å²) in [4.78, 5) is 15.9. The molecule has 0 spiro atoms. The number of pyridine rings is 1. The van der Waals surface area contributed by atoms with E-state index < -0.39 is 0 Å². The lowest BCUT2D eigenvalue weighted by Gasteiger charge is -2.10. The molecule has 0 bridgehead atoms. The highest BCUT2D eigenvalue weighted by molar-refractivity contribution is 5.89. The van der Waals surface area contributed by atoms with E-state index in [-0.39, 0.29) is 6.03 Å². The van der Waals surface area contributed by atoms with Crippen molar-refractivity contribution in [3.63, 3.8) is 0 Å². The van der Waals surface area contributed by atoms with Crippen LogP contribution in [-0.2, 0) is 13.0 Å². The smallest absolute Gasteiger partial charge is 0.319 e. The van der Waals surface area contributed by atoms with Crippen molar-refractivity contribution in [2.24, 2.45) is 0 Å². The monoisotopic (exact) mass is 285 g/mol. The number of aryl methyl sites for hydroxylation is 1. The van der Waals surface area contributed by atoms with E-state index in [9.17, 15) is 4.79 Å². The van der Waals surface area contributed by atoms with Crippen molar-refractivity contribution in [1.82, 2.24) is 10.3 Å². The fourth-order valence-corrected chi connectivity index (χ4v) is 1.92. The summed E-state index contributed by atoms with van der Waals surface area (Å²) in [5, 5.41) is 5.57. The highest BCUT2D eigenvalue weighted by atomic mass is 16.5. The number of aromatic nitrogens is 1. The van der Waals surface area contributed by atoms with E-state index in [0.29, 0.717) is 12.4 Å². The van der Waals surface area contributed by atoms with Crippen molar-refractivity contribution < 1.29 is 9.53 Å². The predicted molar refractivity (Wildman–Crippen MR) is 82.5 cm³/mol. The van der Waals surface area contributed by atoms with E-state index in [2.05, 4.69) is 22.5 Å². The Labute approximate surface area is 124 Å². The number of nitrogens with zero attached hydrogens (tertiary/aromatic N) is 1. The predicted octanol–water partition coefficient (Wildman–Crippen LogP) is 2.97. The number of hydrogen-bond acceptors (Lipinski definition) is 3. The van der Waals surface area contributed by atoms with Crippen LogP contribution in [0.2, 0.25) is 0 Å². The van der Waals surface area contributed by atoms with E-state index in [1.54, 1.807) is 19.4 Å². The summed E-state index contributed by atoms with van der Waals surface area (Å²) in [6.07, 6.45) is 2.63. The number of urea groups is 1. The lowest BCUT2D eigenvalue weighted by Crippen LogP contribution is -2.28. The summed E-state index contributed by atoms with van der Waals surface area (Å²) in [6, 6.07) is 11.2. The number of ether oxygens (including phenoxy) is 1. The second-order valence-electron chi connectivity index (χ2n) is 4.53. The van der Waals surface area contributed by atoms with Gasteiger partial charge >= 0.3 is 6.03 Å². The van der Waals surface area contributed by atoms with Crippen LogP contribution >= 0.6 is 0 Å². The van der Waals surface area contributed by atoms with E-state index in [1.807, 2.05) is 30.3 Å². The van der Waals surface area contributed by atoms with Crippen LogP contribution in [0.25, 0.3) is 0 Å². The van der Waals surface area contributed by atoms with Crippen LogP contribution in [0, 0.1) is 0 Å². The number of nitrogens with one attached hydrogen (secondary N) is 2. The average Bonchev–Trinajstić information content (AvgIpc) is 2.54. The lowest BCUT2D eigenvalue weighted by molar-refractivity contribution is 0.251. The molecule has 0 atom stereocenters. The van der Waals surface area contributed by atoms with Gasteiger partial charge in [-0.25, -0.2) is 9.78 Å². The summed E-state index contributed by atoms with van der Waals surface area (Å²) in [6.45, 7) is 2.45. The quantitative estimate of drug-likeness (QED) is 0.887. The molecule has 0 aliphatic carbocycles. The minimum absolute atomic E-state index is 0.259.